The summed E-state index contributed by atoms with van der Waals surface area (Å²) in [6.45, 7) is 13.5. The Labute approximate surface area is 307 Å². The highest BCUT2D eigenvalue weighted by Crippen LogP contribution is 2.74. The van der Waals surface area contributed by atoms with E-state index in [2.05, 4.69) is 241 Å². The Balaban J connectivity index is 0.000000188. The molecule has 0 saturated carbocycles. The van der Waals surface area contributed by atoms with Crippen molar-refractivity contribution in [2.45, 2.75) is 81.7 Å². The van der Waals surface area contributed by atoms with Crippen molar-refractivity contribution in [3.8, 4) is 0 Å². The predicted molar refractivity (Wildman–Crippen MR) is 219 cm³/mol. The van der Waals surface area contributed by atoms with Crippen molar-refractivity contribution in [3.05, 3.63) is 181 Å². The summed E-state index contributed by atoms with van der Waals surface area (Å²) in [4.78, 5) is 7.93. The molecular formula is C44H46Br2S2. The SMILES string of the molecule is CC(C)(C)c1ccc(S(Br)(c2ccccc2)c2ccccc2)cc1.CC(C)(C)c1ccc(S(Br)(c2ccccc2)c2ccccc2)cc1. The molecule has 0 N–H and O–H groups in total. The minimum Gasteiger partial charge on any atom is -0.101 e. The summed E-state index contributed by atoms with van der Waals surface area (Å²) in [6.07, 6.45) is 0. The van der Waals surface area contributed by atoms with Crippen molar-refractivity contribution >= 4 is 46.5 Å². The van der Waals surface area contributed by atoms with Crippen LogP contribution in [-0.4, -0.2) is 0 Å². The Morgan fingerprint density at radius 2 is 0.479 bits per heavy atom. The Morgan fingerprint density at radius 3 is 0.667 bits per heavy atom. The molecule has 0 heterocycles. The average Bonchev–Trinajstić information content (AvgIpc) is 3.12. The van der Waals surface area contributed by atoms with E-state index >= 15 is 0 Å². The Kier molecular flexibility index (Phi) is 11.5. The van der Waals surface area contributed by atoms with Gasteiger partial charge in [-0.25, -0.2) is 0 Å². The lowest BCUT2D eigenvalue weighted by Gasteiger charge is -2.35. The van der Waals surface area contributed by atoms with Gasteiger partial charge in [0, 0.05) is 29.4 Å². The van der Waals surface area contributed by atoms with E-state index in [1.807, 2.05) is 0 Å². The van der Waals surface area contributed by atoms with E-state index in [9.17, 15) is 0 Å². The zero-order valence-electron chi connectivity index (χ0n) is 28.7. The summed E-state index contributed by atoms with van der Waals surface area (Å²) < 4.78 is 0. The largest absolute Gasteiger partial charge is 0.101 e. The molecule has 0 saturated heterocycles. The van der Waals surface area contributed by atoms with E-state index in [-0.39, 0.29) is 10.8 Å². The molecule has 6 rings (SSSR count). The Bertz CT molecular complexity index is 1640. The number of rotatable bonds is 6. The van der Waals surface area contributed by atoms with Crippen molar-refractivity contribution < 1.29 is 0 Å². The van der Waals surface area contributed by atoms with Gasteiger partial charge in [-0.2, -0.15) is 0 Å². The third-order valence-corrected chi connectivity index (χ3v) is 20.6. The maximum absolute atomic E-state index is 4.17. The number of hydrogen-bond donors (Lipinski definition) is 0. The molecule has 0 aliphatic rings. The lowest BCUT2D eigenvalue weighted by molar-refractivity contribution is 0.589. The van der Waals surface area contributed by atoms with Crippen LogP contribution in [0.25, 0.3) is 0 Å². The minimum absolute atomic E-state index is 0.169. The van der Waals surface area contributed by atoms with Crippen molar-refractivity contribution in [1.29, 1.82) is 0 Å². The Morgan fingerprint density at radius 1 is 0.292 bits per heavy atom. The zero-order valence-corrected chi connectivity index (χ0v) is 33.5. The molecule has 0 bridgehead atoms. The van der Waals surface area contributed by atoms with Gasteiger partial charge in [0.05, 0.1) is 0 Å². The molecule has 248 valence electrons. The first-order valence-corrected chi connectivity index (χ1v) is 23.3. The summed E-state index contributed by atoms with van der Waals surface area (Å²) in [6, 6.07) is 61.2. The van der Waals surface area contributed by atoms with E-state index in [1.54, 1.807) is 0 Å². The summed E-state index contributed by atoms with van der Waals surface area (Å²) in [5.74, 6) is 0. The van der Waals surface area contributed by atoms with Crippen LogP contribution in [0.2, 0.25) is 0 Å². The van der Waals surface area contributed by atoms with Crippen LogP contribution < -0.4 is 0 Å². The highest BCUT2D eigenvalue weighted by atomic mass is 79.9. The first-order valence-electron chi connectivity index (χ1n) is 16.3. The molecule has 0 aromatic heterocycles. The van der Waals surface area contributed by atoms with Gasteiger partial charge in [0.2, 0.25) is 0 Å². The van der Waals surface area contributed by atoms with Gasteiger partial charge in [0.1, 0.15) is 0 Å². The van der Waals surface area contributed by atoms with Gasteiger partial charge < -0.3 is 0 Å². The van der Waals surface area contributed by atoms with Crippen LogP contribution in [0.3, 0.4) is 0 Å². The van der Waals surface area contributed by atoms with E-state index in [4.69, 9.17) is 0 Å². The minimum atomic E-state index is -1.42. The van der Waals surface area contributed by atoms with Crippen molar-refractivity contribution in [2.24, 2.45) is 0 Å². The molecule has 0 fully saturated rings. The van der Waals surface area contributed by atoms with E-state index < -0.39 is 16.9 Å². The second-order valence-electron chi connectivity index (χ2n) is 13.9. The average molecular weight is 799 g/mol. The second kappa shape index (κ2) is 15.3. The highest BCUT2D eigenvalue weighted by Gasteiger charge is 2.29. The third kappa shape index (κ3) is 8.05. The van der Waals surface area contributed by atoms with Crippen LogP contribution in [0.4, 0.5) is 0 Å². The maximum Gasteiger partial charge on any atom is 0.00785 e. The molecule has 0 aliphatic carbocycles. The molecule has 0 atom stereocenters. The van der Waals surface area contributed by atoms with Crippen LogP contribution in [0.1, 0.15) is 52.7 Å². The fourth-order valence-corrected chi connectivity index (χ4v) is 14.2. The van der Waals surface area contributed by atoms with E-state index in [0.717, 1.165) is 0 Å². The van der Waals surface area contributed by atoms with Crippen LogP contribution >= 0.6 is 46.5 Å². The van der Waals surface area contributed by atoms with Crippen LogP contribution in [0.5, 0.6) is 0 Å². The van der Waals surface area contributed by atoms with Crippen LogP contribution in [-0.2, 0) is 10.8 Å². The predicted octanol–water partition coefficient (Wildman–Crippen LogP) is 15.2. The Hall–Kier alpha value is -3.02. The number of benzene rings is 6. The smallest absolute Gasteiger partial charge is 0.00785 e. The molecule has 0 unspecified atom stereocenters. The molecule has 0 amide bonds. The van der Waals surface area contributed by atoms with Crippen LogP contribution in [0.15, 0.2) is 199 Å². The first-order chi connectivity index (χ1) is 22.8. The van der Waals surface area contributed by atoms with Gasteiger partial charge in [-0.15, -0.1) is 16.9 Å². The van der Waals surface area contributed by atoms with Gasteiger partial charge in [-0.1, -0.05) is 139 Å². The summed E-state index contributed by atoms with van der Waals surface area (Å²) in [7, 11) is -2.85. The maximum atomic E-state index is 4.17. The summed E-state index contributed by atoms with van der Waals surface area (Å²) >= 11 is 8.34. The molecule has 6 aromatic carbocycles. The fraction of sp³-hybridized carbons (Fsp3) is 0.182. The summed E-state index contributed by atoms with van der Waals surface area (Å²) in [5.41, 5.74) is 3.06. The standard InChI is InChI=1S/2C22H23BrS/c2*1-22(2,3)18-14-16-21(17-15-18)24(23,19-10-6-4-7-11-19)20-12-8-5-9-13-20/h2*4-17H,1-3H3. The summed E-state index contributed by atoms with van der Waals surface area (Å²) in [5, 5.41) is 0. The fourth-order valence-electron chi connectivity index (χ4n) is 5.53. The lowest BCUT2D eigenvalue weighted by Crippen LogP contribution is -2.10. The second-order valence-corrected chi connectivity index (χ2v) is 24.7. The number of hydrogen-bond acceptors (Lipinski definition) is 0. The quantitative estimate of drug-likeness (QED) is 0.157. The van der Waals surface area contributed by atoms with Crippen LogP contribution in [0, 0.1) is 0 Å². The molecule has 6 aromatic rings. The molecule has 48 heavy (non-hydrogen) atoms. The number of halogens is 2. The zero-order chi connectivity index (χ0) is 34.4. The normalized spacial score (nSPS) is 12.8. The van der Waals surface area contributed by atoms with Crippen molar-refractivity contribution in [3.63, 3.8) is 0 Å². The molecule has 0 nitrogen and oxygen atoms in total. The van der Waals surface area contributed by atoms with Gasteiger partial charge in [-0.05, 0) is 124 Å². The third-order valence-electron chi connectivity index (χ3n) is 8.36. The first kappa shape index (κ1) is 36.3. The van der Waals surface area contributed by atoms with Gasteiger partial charge in [-0.3, -0.25) is 0 Å². The van der Waals surface area contributed by atoms with E-state index in [0.29, 0.717) is 0 Å². The monoisotopic (exact) mass is 796 g/mol. The highest BCUT2D eigenvalue weighted by molar-refractivity contribution is 9.58. The van der Waals surface area contributed by atoms with Crippen molar-refractivity contribution in [1.82, 2.24) is 0 Å². The van der Waals surface area contributed by atoms with Crippen molar-refractivity contribution in [2.75, 3.05) is 0 Å². The lowest BCUT2D eigenvalue weighted by atomic mass is 9.87. The van der Waals surface area contributed by atoms with Gasteiger partial charge in [0.15, 0.2) is 0 Å². The van der Waals surface area contributed by atoms with Gasteiger partial charge in [0.25, 0.3) is 0 Å². The molecular weight excluding hydrogens is 752 g/mol. The molecule has 4 heteroatoms. The van der Waals surface area contributed by atoms with Gasteiger partial charge >= 0.3 is 0 Å². The molecule has 0 aliphatic heterocycles. The topological polar surface area (TPSA) is 0 Å². The molecule has 0 spiro atoms. The van der Waals surface area contributed by atoms with E-state index in [1.165, 1.54) is 40.5 Å². The molecule has 0 radical (unpaired) electrons.